The number of phenolic OH excluding ortho intramolecular Hbond substituents is 1. The molecule has 0 heterocycles. The summed E-state index contributed by atoms with van der Waals surface area (Å²) in [5, 5.41) is 10.4. The minimum absolute atomic E-state index is 0.0410. The van der Waals surface area contributed by atoms with E-state index in [2.05, 4.69) is 64.1 Å². The lowest BCUT2D eigenvalue weighted by atomic mass is 9.83. The molecular weight excluding hydrogens is 244 g/mol. The molecule has 0 fully saturated rings. The van der Waals surface area contributed by atoms with E-state index in [1.54, 1.807) is 0 Å². The standard InChI is InChI=1S/C19H24O/c1-5-16-12-15(11-14-9-7-6-8-10-14)13-17(18(16)20)19(2,3)4/h6-10,12-13,20H,5,11H2,1-4H3. The fraction of sp³-hybridized carbons (Fsp3) is 0.368. The van der Waals surface area contributed by atoms with Crippen LogP contribution in [0, 0.1) is 0 Å². The van der Waals surface area contributed by atoms with Crippen molar-refractivity contribution in [1.29, 1.82) is 0 Å². The molecular formula is C19H24O. The average Bonchev–Trinajstić information content (AvgIpc) is 2.40. The smallest absolute Gasteiger partial charge is 0.122 e. The number of benzene rings is 2. The van der Waals surface area contributed by atoms with Gasteiger partial charge in [0.15, 0.2) is 0 Å². The molecule has 0 atom stereocenters. The van der Waals surface area contributed by atoms with Crippen molar-refractivity contribution in [2.75, 3.05) is 0 Å². The van der Waals surface area contributed by atoms with E-state index in [1.807, 2.05) is 6.07 Å². The number of aryl methyl sites for hydroxylation is 1. The maximum absolute atomic E-state index is 10.4. The SMILES string of the molecule is CCc1cc(Cc2ccccc2)cc(C(C)(C)C)c1O. The Balaban J connectivity index is 2.44. The molecule has 0 aliphatic heterocycles. The van der Waals surface area contributed by atoms with E-state index in [0.29, 0.717) is 5.75 Å². The Hall–Kier alpha value is -1.76. The quantitative estimate of drug-likeness (QED) is 0.844. The molecule has 0 unspecified atom stereocenters. The Kier molecular flexibility index (Phi) is 4.17. The molecule has 0 bridgehead atoms. The predicted molar refractivity (Wildman–Crippen MR) is 85.4 cm³/mol. The molecule has 0 amide bonds. The number of aromatic hydroxyl groups is 1. The van der Waals surface area contributed by atoms with Crippen molar-refractivity contribution in [3.63, 3.8) is 0 Å². The van der Waals surface area contributed by atoms with E-state index in [9.17, 15) is 5.11 Å². The van der Waals surface area contributed by atoms with Crippen LogP contribution in [0.15, 0.2) is 42.5 Å². The van der Waals surface area contributed by atoms with Gasteiger partial charge < -0.3 is 5.11 Å². The minimum Gasteiger partial charge on any atom is -0.507 e. The molecule has 2 aromatic carbocycles. The minimum atomic E-state index is -0.0410. The molecule has 0 spiro atoms. The summed E-state index contributed by atoms with van der Waals surface area (Å²) in [4.78, 5) is 0. The highest BCUT2D eigenvalue weighted by Crippen LogP contribution is 2.35. The van der Waals surface area contributed by atoms with Crippen LogP contribution in [0.25, 0.3) is 0 Å². The fourth-order valence-corrected chi connectivity index (χ4v) is 2.54. The van der Waals surface area contributed by atoms with Crippen molar-refractivity contribution >= 4 is 0 Å². The van der Waals surface area contributed by atoms with Gasteiger partial charge in [-0.15, -0.1) is 0 Å². The highest BCUT2D eigenvalue weighted by atomic mass is 16.3. The third-order valence-electron chi connectivity index (χ3n) is 3.69. The lowest BCUT2D eigenvalue weighted by Gasteiger charge is -2.23. The van der Waals surface area contributed by atoms with Crippen LogP contribution in [0.2, 0.25) is 0 Å². The first kappa shape index (κ1) is 14.6. The Morgan fingerprint density at radius 2 is 1.60 bits per heavy atom. The molecule has 0 saturated heterocycles. The zero-order chi connectivity index (χ0) is 14.8. The molecule has 1 heteroatoms. The van der Waals surface area contributed by atoms with Gasteiger partial charge in [0, 0.05) is 0 Å². The van der Waals surface area contributed by atoms with Crippen LogP contribution in [0.3, 0.4) is 0 Å². The molecule has 106 valence electrons. The molecule has 1 N–H and O–H groups in total. The number of rotatable bonds is 3. The molecule has 0 saturated carbocycles. The van der Waals surface area contributed by atoms with Crippen LogP contribution in [-0.4, -0.2) is 5.11 Å². The van der Waals surface area contributed by atoms with Crippen molar-refractivity contribution in [3.05, 3.63) is 64.7 Å². The van der Waals surface area contributed by atoms with Gasteiger partial charge in [-0.1, -0.05) is 70.2 Å². The lowest BCUT2D eigenvalue weighted by Crippen LogP contribution is -2.13. The zero-order valence-corrected chi connectivity index (χ0v) is 12.9. The fourth-order valence-electron chi connectivity index (χ4n) is 2.54. The Morgan fingerprint density at radius 1 is 0.950 bits per heavy atom. The molecule has 2 rings (SSSR count). The van der Waals surface area contributed by atoms with Gasteiger partial charge in [-0.25, -0.2) is 0 Å². The third kappa shape index (κ3) is 3.22. The summed E-state index contributed by atoms with van der Waals surface area (Å²) in [6.45, 7) is 8.53. The van der Waals surface area contributed by atoms with E-state index in [0.717, 1.165) is 24.0 Å². The number of hydrogen-bond donors (Lipinski definition) is 1. The molecule has 0 aliphatic rings. The lowest BCUT2D eigenvalue weighted by molar-refractivity contribution is 0.440. The van der Waals surface area contributed by atoms with Crippen molar-refractivity contribution in [2.24, 2.45) is 0 Å². The summed E-state index contributed by atoms with van der Waals surface area (Å²) >= 11 is 0. The van der Waals surface area contributed by atoms with Crippen LogP contribution < -0.4 is 0 Å². The summed E-state index contributed by atoms with van der Waals surface area (Å²) in [7, 11) is 0. The van der Waals surface area contributed by atoms with E-state index in [-0.39, 0.29) is 5.41 Å². The van der Waals surface area contributed by atoms with Crippen LogP contribution in [-0.2, 0) is 18.3 Å². The molecule has 0 aliphatic carbocycles. The van der Waals surface area contributed by atoms with Crippen molar-refractivity contribution < 1.29 is 5.11 Å². The summed E-state index contributed by atoms with van der Waals surface area (Å²) in [6, 6.07) is 14.8. The van der Waals surface area contributed by atoms with Crippen LogP contribution in [0.1, 0.15) is 49.9 Å². The highest BCUT2D eigenvalue weighted by Gasteiger charge is 2.20. The van der Waals surface area contributed by atoms with Crippen LogP contribution in [0.4, 0.5) is 0 Å². The third-order valence-corrected chi connectivity index (χ3v) is 3.69. The Morgan fingerprint density at radius 3 is 2.15 bits per heavy atom. The van der Waals surface area contributed by atoms with Gasteiger partial charge in [0.05, 0.1) is 0 Å². The second-order valence-corrected chi connectivity index (χ2v) is 6.42. The van der Waals surface area contributed by atoms with Gasteiger partial charge in [0.1, 0.15) is 5.75 Å². The number of hydrogen-bond acceptors (Lipinski definition) is 1. The van der Waals surface area contributed by atoms with Gasteiger partial charge in [0.2, 0.25) is 0 Å². The van der Waals surface area contributed by atoms with Crippen LogP contribution in [0.5, 0.6) is 5.75 Å². The van der Waals surface area contributed by atoms with E-state index >= 15 is 0 Å². The average molecular weight is 268 g/mol. The summed E-state index contributed by atoms with van der Waals surface area (Å²) in [5.74, 6) is 0.469. The Bertz CT molecular complexity index is 577. The Labute approximate surface area is 122 Å². The van der Waals surface area contributed by atoms with Gasteiger partial charge in [-0.3, -0.25) is 0 Å². The van der Waals surface area contributed by atoms with Gasteiger partial charge >= 0.3 is 0 Å². The summed E-state index contributed by atoms with van der Waals surface area (Å²) < 4.78 is 0. The summed E-state index contributed by atoms with van der Waals surface area (Å²) in [6.07, 6.45) is 1.77. The molecule has 20 heavy (non-hydrogen) atoms. The van der Waals surface area contributed by atoms with E-state index in [4.69, 9.17) is 0 Å². The van der Waals surface area contributed by atoms with Crippen molar-refractivity contribution in [2.45, 2.75) is 46.0 Å². The first-order chi connectivity index (χ1) is 9.41. The first-order valence-corrected chi connectivity index (χ1v) is 7.31. The molecule has 0 aromatic heterocycles. The maximum Gasteiger partial charge on any atom is 0.122 e. The van der Waals surface area contributed by atoms with Crippen molar-refractivity contribution in [3.8, 4) is 5.75 Å². The normalized spacial score (nSPS) is 11.6. The van der Waals surface area contributed by atoms with Gasteiger partial charge in [-0.2, -0.15) is 0 Å². The van der Waals surface area contributed by atoms with Crippen LogP contribution >= 0.6 is 0 Å². The maximum atomic E-state index is 10.4. The predicted octanol–water partition coefficient (Wildman–Crippen LogP) is 4.84. The zero-order valence-electron chi connectivity index (χ0n) is 12.9. The second kappa shape index (κ2) is 5.70. The number of phenols is 1. The van der Waals surface area contributed by atoms with Gasteiger partial charge in [0.25, 0.3) is 0 Å². The summed E-state index contributed by atoms with van der Waals surface area (Å²) in [5.41, 5.74) is 4.63. The molecule has 1 nitrogen and oxygen atoms in total. The van der Waals surface area contributed by atoms with E-state index < -0.39 is 0 Å². The monoisotopic (exact) mass is 268 g/mol. The molecule has 0 radical (unpaired) electrons. The largest absolute Gasteiger partial charge is 0.507 e. The highest BCUT2D eigenvalue weighted by molar-refractivity contribution is 5.48. The second-order valence-electron chi connectivity index (χ2n) is 6.42. The first-order valence-electron chi connectivity index (χ1n) is 7.31. The van der Waals surface area contributed by atoms with E-state index in [1.165, 1.54) is 11.1 Å². The van der Waals surface area contributed by atoms with Crippen molar-refractivity contribution in [1.82, 2.24) is 0 Å². The topological polar surface area (TPSA) is 20.2 Å². The van der Waals surface area contributed by atoms with Gasteiger partial charge in [-0.05, 0) is 40.5 Å². The molecule has 2 aromatic rings.